The SMILES string of the molecule is COC(=O)C(C(=O)OC)[C@H]1c2nc(c(-c3ccccc3)c3ccc([nH]3)c(-c3ccccc3)c3nc(c(-c4ccccc4)c4ccc([nH]4)c2-c2ccccc2)C=C3)[C@@H]1[N+](=O)[O-]. The molecule has 9 rings (SSSR count). The number of methoxy groups -OCH3 is 2. The van der Waals surface area contributed by atoms with Gasteiger partial charge in [0.25, 0.3) is 6.04 Å². The van der Waals surface area contributed by atoms with Crippen molar-refractivity contribution in [3.8, 4) is 44.5 Å². The lowest BCUT2D eigenvalue weighted by Crippen LogP contribution is -2.35. The number of fused-ring (bicyclic) bond motifs is 8. The van der Waals surface area contributed by atoms with E-state index in [1.807, 2.05) is 158 Å². The lowest BCUT2D eigenvalue weighted by atomic mass is 9.80. The highest BCUT2D eigenvalue weighted by Gasteiger charge is 2.54. The number of hydrogen-bond acceptors (Lipinski definition) is 8. The van der Waals surface area contributed by atoms with Crippen molar-refractivity contribution in [2.45, 2.75) is 12.0 Å². The van der Waals surface area contributed by atoms with Crippen LogP contribution in [0, 0.1) is 16.0 Å². The summed E-state index contributed by atoms with van der Waals surface area (Å²) in [5.41, 5.74) is 9.71. The minimum Gasteiger partial charge on any atom is -0.468 e. The number of carbonyl (C=O) groups is 2. The number of nitrogens with zero attached hydrogens (tertiary/aromatic N) is 3. The Hall–Kier alpha value is -7.92. The number of aromatic nitrogens is 4. The van der Waals surface area contributed by atoms with Gasteiger partial charge < -0.3 is 19.4 Å². The summed E-state index contributed by atoms with van der Waals surface area (Å²) in [7, 11) is 2.28. The second kappa shape index (κ2) is 15.8. The molecule has 294 valence electrons. The summed E-state index contributed by atoms with van der Waals surface area (Å²) in [6.45, 7) is 0. The average molecular weight is 792 g/mol. The first-order valence-electron chi connectivity index (χ1n) is 19.3. The predicted molar refractivity (Wildman–Crippen MR) is 232 cm³/mol. The maximum absolute atomic E-state index is 13.8. The van der Waals surface area contributed by atoms with E-state index in [1.54, 1.807) is 0 Å². The van der Waals surface area contributed by atoms with Crippen LogP contribution in [0.4, 0.5) is 0 Å². The van der Waals surface area contributed by atoms with Crippen LogP contribution in [0.2, 0.25) is 0 Å². The molecule has 2 aliphatic heterocycles. The maximum atomic E-state index is 13.8. The monoisotopic (exact) mass is 791 g/mol. The Morgan fingerprint density at radius 3 is 1.25 bits per heavy atom. The number of H-pyrrole nitrogens is 2. The maximum Gasteiger partial charge on any atom is 0.321 e. The van der Waals surface area contributed by atoms with Gasteiger partial charge in [0.2, 0.25) is 0 Å². The Balaban J connectivity index is 1.55. The first-order valence-corrected chi connectivity index (χ1v) is 19.3. The summed E-state index contributed by atoms with van der Waals surface area (Å²) in [4.78, 5) is 58.7. The molecule has 0 aliphatic carbocycles. The molecule has 8 bridgehead atoms. The first kappa shape index (κ1) is 37.6. The second-order valence-electron chi connectivity index (χ2n) is 14.4. The predicted octanol–water partition coefficient (Wildman–Crippen LogP) is 10.2. The van der Waals surface area contributed by atoms with E-state index in [0.29, 0.717) is 55.7 Å². The lowest BCUT2D eigenvalue weighted by molar-refractivity contribution is -0.533. The van der Waals surface area contributed by atoms with Gasteiger partial charge in [-0.15, -0.1) is 0 Å². The molecule has 5 heterocycles. The molecule has 0 radical (unpaired) electrons. The molecule has 11 heteroatoms. The van der Waals surface area contributed by atoms with Crippen LogP contribution in [0.3, 0.4) is 0 Å². The van der Waals surface area contributed by atoms with Crippen molar-refractivity contribution < 1.29 is 24.0 Å². The summed E-state index contributed by atoms with van der Waals surface area (Å²) in [6.07, 6.45) is 4.00. The third-order valence-corrected chi connectivity index (χ3v) is 11.0. The molecule has 4 aromatic carbocycles. The van der Waals surface area contributed by atoms with Gasteiger partial charge in [0.1, 0.15) is 5.69 Å². The number of esters is 2. The van der Waals surface area contributed by atoms with Crippen LogP contribution in [-0.2, 0) is 19.1 Å². The van der Waals surface area contributed by atoms with Gasteiger partial charge in [-0.25, -0.2) is 9.97 Å². The zero-order valence-electron chi connectivity index (χ0n) is 32.5. The van der Waals surface area contributed by atoms with Gasteiger partial charge in [0.15, 0.2) is 5.92 Å². The number of aromatic amines is 2. The molecule has 0 saturated heterocycles. The Bertz CT molecular complexity index is 2960. The standard InChI is InChI=1S/C49H37N5O6/c1-59-48(55)44(49(56)60-2)43-45-41(31-19-11-5-12-20-31)37-27-25-35(51-37)39(29-15-7-3-8-16-29)33-23-24-34(50-33)40(30-17-9-4-10-18-30)36-26-28-38(52-36)42(32-21-13-6-14-22-32)46(53-45)47(43)54(57)58/h3-28,43-44,47,51-52H,1-2H3/t43-,47+/m0/s1. The van der Waals surface area contributed by atoms with Gasteiger partial charge in [-0.2, -0.15) is 0 Å². The van der Waals surface area contributed by atoms with E-state index >= 15 is 0 Å². The van der Waals surface area contributed by atoms with Crippen LogP contribution >= 0.6 is 0 Å². The Kier molecular flexibility index (Phi) is 9.91. The van der Waals surface area contributed by atoms with Gasteiger partial charge in [-0.3, -0.25) is 19.7 Å². The van der Waals surface area contributed by atoms with Gasteiger partial charge in [-0.1, -0.05) is 121 Å². The summed E-state index contributed by atoms with van der Waals surface area (Å²) in [5, 5.41) is 13.8. The van der Waals surface area contributed by atoms with E-state index in [9.17, 15) is 19.7 Å². The Morgan fingerprint density at radius 1 is 0.533 bits per heavy atom. The average Bonchev–Trinajstić information content (AvgIpc) is 4.12. The van der Waals surface area contributed by atoms with Crippen molar-refractivity contribution in [3.05, 3.63) is 178 Å². The van der Waals surface area contributed by atoms with Gasteiger partial charge >= 0.3 is 11.9 Å². The van der Waals surface area contributed by atoms with Crippen molar-refractivity contribution in [1.82, 2.24) is 19.9 Å². The first-order chi connectivity index (χ1) is 29.4. The van der Waals surface area contributed by atoms with E-state index in [2.05, 4.69) is 9.97 Å². The highest BCUT2D eigenvalue weighted by Crippen LogP contribution is 2.50. The van der Waals surface area contributed by atoms with Gasteiger partial charge in [0.05, 0.1) is 37.2 Å². The molecule has 2 N–H and O–H groups in total. The quantitative estimate of drug-likeness (QED) is 0.0667. The number of benzene rings is 4. The molecule has 0 saturated carbocycles. The fourth-order valence-electron chi connectivity index (χ4n) is 8.43. The highest BCUT2D eigenvalue weighted by molar-refractivity contribution is 5.99. The summed E-state index contributed by atoms with van der Waals surface area (Å²) in [5.74, 6) is -5.19. The molecule has 2 aliphatic rings. The Labute approximate surface area is 344 Å². The minimum atomic E-state index is -1.76. The molecule has 60 heavy (non-hydrogen) atoms. The minimum absolute atomic E-state index is 0.0521. The Morgan fingerprint density at radius 2 is 0.883 bits per heavy atom. The normalized spacial score (nSPS) is 14.5. The zero-order valence-corrected chi connectivity index (χ0v) is 32.5. The van der Waals surface area contributed by atoms with Crippen molar-refractivity contribution in [2.75, 3.05) is 14.2 Å². The van der Waals surface area contributed by atoms with E-state index in [4.69, 9.17) is 19.4 Å². The van der Waals surface area contributed by atoms with Crippen LogP contribution in [0.15, 0.2) is 146 Å². The molecular weight excluding hydrogens is 755 g/mol. The molecular formula is C49H37N5O6. The van der Waals surface area contributed by atoms with E-state index in [0.717, 1.165) is 36.5 Å². The summed E-state index contributed by atoms with van der Waals surface area (Å²) < 4.78 is 10.4. The van der Waals surface area contributed by atoms with Crippen molar-refractivity contribution in [2.24, 2.45) is 5.92 Å². The largest absolute Gasteiger partial charge is 0.468 e. The number of hydrogen-bond donors (Lipinski definition) is 2. The van der Waals surface area contributed by atoms with E-state index in [-0.39, 0.29) is 11.4 Å². The summed E-state index contributed by atoms with van der Waals surface area (Å²) >= 11 is 0. The zero-order chi connectivity index (χ0) is 41.3. The third kappa shape index (κ3) is 6.61. The number of ether oxygens (including phenoxy) is 2. The molecule has 0 amide bonds. The number of nitrogens with one attached hydrogen (secondary N) is 2. The number of carbonyl (C=O) groups excluding carboxylic acids is 2. The smallest absolute Gasteiger partial charge is 0.321 e. The van der Waals surface area contributed by atoms with Crippen molar-refractivity contribution in [1.29, 1.82) is 0 Å². The van der Waals surface area contributed by atoms with Gasteiger partial charge in [-0.05, 0) is 58.7 Å². The fraction of sp³-hybridized carbons (Fsp3) is 0.102. The van der Waals surface area contributed by atoms with Crippen molar-refractivity contribution >= 4 is 46.2 Å². The van der Waals surface area contributed by atoms with Crippen LogP contribution in [-0.4, -0.2) is 51.0 Å². The lowest BCUT2D eigenvalue weighted by Gasteiger charge is -2.22. The molecule has 0 spiro atoms. The topological polar surface area (TPSA) is 153 Å². The molecule has 0 fully saturated rings. The number of nitro groups is 1. The van der Waals surface area contributed by atoms with Crippen LogP contribution in [0.1, 0.15) is 34.7 Å². The van der Waals surface area contributed by atoms with E-state index < -0.39 is 34.7 Å². The third-order valence-electron chi connectivity index (χ3n) is 11.0. The number of rotatable bonds is 8. The van der Waals surface area contributed by atoms with E-state index in [1.165, 1.54) is 0 Å². The summed E-state index contributed by atoms with van der Waals surface area (Å²) in [6, 6.07) is 44.3. The molecule has 0 unspecified atom stereocenters. The molecule has 7 aromatic rings. The van der Waals surface area contributed by atoms with Crippen LogP contribution in [0.5, 0.6) is 0 Å². The van der Waals surface area contributed by atoms with Crippen LogP contribution < -0.4 is 0 Å². The molecule has 2 atom stereocenters. The molecule has 11 nitrogen and oxygen atoms in total. The second-order valence-corrected chi connectivity index (χ2v) is 14.4. The highest BCUT2D eigenvalue weighted by atomic mass is 16.6. The van der Waals surface area contributed by atoms with Gasteiger partial charge in [0, 0.05) is 49.2 Å². The fourth-order valence-corrected chi connectivity index (χ4v) is 8.43. The van der Waals surface area contributed by atoms with Crippen molar-refractivity contribution in [3.63, 3.8) is 0 Å². The van der Waals surface area contributed by atoms with Crippen LogP contribution in [0.25, 0.3) is 78.7 Å². The molecule has 3 aromatic heterocycles.